The molecule has 2 rings (SSSR count). The maximum absolute atomic E-state index is 12.7. The molecule has 0 radical (unpaired) electrons. The third-order valence-corrected chi connectivity index (χ3v) is 2.64. The van der Waals surface area contributed by atoms with E-state index in [1.54, 1.807) is 0 Å². The monoisotopic (exact) mass is 275 g/mol. The third kappa shape index (κ3) is 2.11. The number of benzene rings is 1. The number of pyridine rings is 1. The highest BCUT2D eigenvalue weighted by Gasteiger charge is 2.33. The quantitative estimate of drug-likeness (QED) is 0.809. The third-order valence-electron chi connectivity index (χ3n) is 2.35. The zero-order valence-corrected chi connectivity index (χ0v) is 9.38. The Kier molecular flexibility index (Phi) is 2.90. The van der Waals surface area contributed by atoms with E-state index in [2.05, 4.69) is 4.98 Å². The van der Waals surface area contributed by atoms with Crippen molar-refractivity contribution in [1.29, 1.82) is 0 Å². The Bertz CT molecular complexity index is 640. The molecule has 0 aliphatic heterocycles. The van der Waals surface area contributed by atoms with Crippen LogP contribution < -0.4 is 0 Å². The molecule has 1 aromatic carbocycles. The molecule has 0 unspecified atom stereocenters. The molecule has 0 atom stereocenters. The van der Waals surface area contributed by atoms with Gasteiger partial charge in [0.1, 0.15) is 5.15 Å². The molecule has 1 N–H and O–H groups in total. The molecule has 0 fully saturated rings. The lowest BCUT2D eigenvalue weighted by Crippen LogP contribution is -2.07. The fourth-order valence-electron chi connectivity index (χ4n) is 1.57. The van der Waals surface area contributed by atoms with Crippen molar-refractivity contribution < 1.29 is 23.1 Å². The molecular formula is C11H5ClF3NO2. The summed E-state index contributed by atoms with van der Waals surface area (Å²) in [6.45, 7) is 0. The number of halogens is 4. The van der Waals surface area contributed by atoms with E-state index in [0.29, 0.717) is 0 Å². The fourth-order valence-corrected chi connectivity index (χ4v) is 1.80. The lowest BCUT2D eigenvalue weighted by atomic mass is 10.1. The molecule has 0 spiro atoms. The summed E-state index contributed by atoms with van der Waals surface area (Å²) in [7, 11) is 0. The number of carboxylic acid groups (broad SMARTS) is 1. The molecule has 0 bridgehead atoms. The van der Waals surface area contributed by atoms with Crippen LogP contribution in [0, 0.1) is 0 Å². The van der Waals surface area contributed by atoms with E-state index >= 15 is 0 Å². The van der Waals surface area contributed by atoms with E-state index < -0.39 is 23.3 Å². The van der Waals surface area contributed by atoms with E-state index in [1.807, 2.05) is 0 Å². The molecular weight excluding hydrogens is 271 g/mol. The summed E-state index contributed by atoms with van der Waals surface area (Å²) in [4.78, 5) is 14.5. The van der Waals surface area contributed by atoms with Crippen LogP contribution in [-0.4, -0.2) is 16.1 Å². The number of hydrogen-bond acceptors (Lipinski definition) is 2. The smallest absolute Gasteiger partial charge is 0.417 e. The van der Waals surface area contributed by atoms with Gasteiger partial charge in [0, 0.05) is 5.39 Å². The molecule has 0 aliphatic carbocycles. The number of hydrogen-bond donors (Lipinski definition) is 1. The average molecular weight is 276 g/mol. The second-order valence-corrected chi connectivity index (χ2v) is 3.86. The van der Waals surface area contributed by atoms with Crippen LogP contribution in [0.1, 0.15) is 15.9 Å². The second-order valence-electron chi connectivity index (χ2n) is 3.50. The number of rotatable bonds is 1. The van der Waals surface area contributed by atoms with E-state index in [9.17, 15) is 18.0 Å². The molecule has 0 saturated heterocycles. The lowest BCUT2D eigenvalue weighted by Gasteiger charge is -2.10. The van der Waals surface area contributed by atoms with Gasteiger partial charge >= 0.3 is 12.1 Å². The summed E-state index contributed by atoms with van der Waals surface area (Å²) < 4.78 is 38.2. The number of alkyl halides is 3. The van der Waals surface area contributed by atoms with Gasteiger partial charge in [-0.15, -0.1) is 0 Å². The normalized spacial score (nSPS) is 11.8. The van der Waals surface area contributed by atoms with Crippen LogP contribution in [-0.2, 0) is 6.18 Å². The fraction of sp³-hybridized carbons (Fsp3) is 0.0909. The summed E-state index contributed by atoms with van der Waals surface area (Å²) in [5, 5.41) is 8.19. The van der Waals surface area contributed by atoms with Gasteiger partial charge in [0.05, 0.1) is 16.6 Å². The Labute approximate surface area is 104 Å². The largest absolute Gasteiger partial charge is 0.478 e. The Hall–Kier alpha value is -1.82. The molecule has 0 amide bonds. The number of nitrogens with zero attached hydrogens (tertiary/aromatic N) is 1. The van der Waals surface area contributed by atoms with Gasteiger partial charge in [-0.1, -0.05) is 17.7 Å². The first-order chi connectivity index (χ1) is 8.30. The van der Waals surface area contributed by atoms with Crippen molar-refractivity contribution in [3.05, 3.63) is 40.5 Å². The minimum absolute atomic E-state index is 0.000162. The van der Waals surface area contributed by atoms with Gasteiger partial charge in [-0.3, -0.25) is 0 Å². The lowest BCUT2D eigenvalue weighted by molar-refractivity contribution is -0.136. The molecule has 94 valence electrons. The second kappa shape index (κ2) is 4.13. The van der Waals surface area contributed by atoms with Gasteiger partial charge in [-0.05, 0) is 18.2 Å². The molecule has 0 aliphatic rings. The number of aromatic carboxylic acids is 1. The van der Waals surface area contributed by atoms with Gasteiger partial charge in [0.2, 0.25) is 0 Å². The van der Waals surface area contributed by atoms with Crippen molar-refractivity contribution in [2.45, 2.75) is 6.18 Å². The first-order valence-corrected chi connectivity index (χ1v) is 5.08. The van der Waals surface area contributed by atoms with Crippen LogP contribution in [0.5, 0.6) is 0 Å². The Morgan fingerprint density at radius 2 is 2.00 bits per heavy atom. The van der Waals surface area contributed by atoms with Crippen molar-refractivity contribution >= 4 is 28.5 Å². The van der Waals surface area contributed by atoms with Gasteiger partial charge in [0.25, 0.3) is 0 Å². The van der Waals surface area contributed by atoms with E-state index in [1.165, 1.54) is 12.1 Å². The number of carboxylic acids is 1. The topological polar surface area (TPSA) is 50.2 Å². The standard InChI is InChI=1S/C11H5ClF3NO2/c12-9-6(10(17)18)4-5-7(11(13,14)15)2-1-3-8(5)16-9/h1-4H,(H,17,18). The first-order valence-electron chi connectivity index (χ1n) is 4.70. The minimum Gasteiger partial charge on any atom is -0.478 e. The summed E-state index contributed by atoms with van der Waals surface area (Å²) >= 11 is 5.59. The minimum atomic E-state index is -4.58. The maximum Gasteiger partial charge on any atom is 0.417 e. The molecule has 1 heterocycles. The van der Waals surface area contributed by atoms with Gasteiger partial charge in [-0.25, -0.2) is 9.78 Å². The Morgan fingerprint density at radius 3 is 2.56 bits per heavy atom. The van der Waals surface area contributed by atoms with Crippen LogP contribution in [0.25, 0.3) is 10.9 Å². The zero-order chi connectivity index (χ0) is 13.5. The first kappa shape index (κ1) is 12.6. The molecule has 1 aromatic heterocycles. The van der Waals surface area contributed by atoms with Crippen LogP contribution in [0.3, 0.4) is 0 Å². The van der Waals surface area contributed by atoms with Crippen LogP contribution >= 0.6 is 11.6 Å². The zero-order valence-electron chi connectivity index (χ0n) is 8.62. The SMILES string of the molecule is O=C(O)c1cc2c(C(F)(F)F)cccc2nc1Cl. The molecule has 3 nitrogen and oxygen atoms in total. The van der Waals surface area contributed by atoms with Crippen LogP contribution in [0.15, 0.2) is 24.3 Å². The van der Waals surface area contributed by atoms with Gasteiger partial charge < -0.3 is 5.11 Å². The molecule has 7 heteroatoms. The van der Waals surface area contributed by atoms with Crippen LogP contribution in [0.2, 0.25) is 5.15 Å². The highest BCUT2D eigenvalue weighted by atomic mass is 35.5. The van der Waals surface area contributed by atoms with E-state index in [0.717, 1.165) is 12.1 Å². The Balaban J connectivity index is 2.84. The number of fused-ring (bicyclic) bond motifs is 1. The van der Waals surface area contributed by atoms with Crippen molar-refractivity contribution in [3.63, 3.8) is 0 Å². The van der Waals surface area contributed by atoms with Crippen molar-refractivity contribution in [3.8, 4) is 0 Å². The predicted octanol–water partition coefficient (Wildman–Crippen LogP) is 3.61. The summed E-state index contributed by atoms with van der Waals surface area (Å²) in [5.41, 5.74) is -1.40. The highest BCUT2D eigenvalue weighted by Crippen LogP contribution is 2.35. The van der Waals surface area contributed by atoms with E-state index in [-0.39, 0.29) is 16.1 Å². The molecule has 0 saturated carbocycles. The summed E-state index contributed by atoms with van der Waals surface area (Å²) in [6.07, 6.45) is -4.58. The predicted molar refractivity (Wildman–Crippen MR) is 58.7 cm³/mol. The molecule has 2 aromatic rings. The van der Waals surface area contributed by atoms with Crippen molar-refractivity contribution in [2.75, 3.05) is 0 Å². The van der Waals surface area contributed by atoms with Gasteiger partial charge in [0.15, 0.2) is 0 Å². The summed E-state index contributed by atoms with van der Waals surface area (Å²) in [6, 6.07) is 4.27. The van der Waals surface area contributed by atoms with Crippen molar-refractivity contribution in [1.82, 2.24) is 4.98 Å². The highest BCUT2D eigenvalue weighted by molar-refractivity contribution is 6.32. The van der Waals surface area contributed by atoms with E-state index in [4.69, 9.17) is 16.7 Å². The molecule has 18 heavy (non-hydrogen) atoms. The number of carbonyl (C=O) groups is 1. The average Bonchev–Trinajstić information content (AvgIpc) is 2.25. The van der Waals surface area contributed by atoms with Crippen LogP contribution in [0.4, 0.5) is 13.2 Å². The number of aromatic nitrogens is 1. The van der Waals surface area contributed by atoms with Gasteiger partial charge in [-0.2, -0.15) is 13.2 Å². The maximum atomic E-state index is 12.7. The summed E-state index contributed by atoms with van der Waals surface area (Å²) in [5.74, 6) is -1.42. The van der Waals surface area contributed by atoms with Crippen molar-refractivity contribution in [2.24, 2.45) is 0 Å². The Morgan fingerprint density at radius 1 is 1.33 bits per heavy atom.